The third kappa shape index (κ3) is 3.96. The lowest BCUT2D eigenvalue weighted by Gasteiger charge is -2.47. The Balaban J connectivity index is 1.44. The minimum absolute atomic E-state index is 0.0230. The predicted octanol–water partition coefficient (Wildman–Crippen LogP) is 3.79. The van der Waals surface area contributed by atoms with Crippen molar-refractivity contribution in [3.8, 4) is 17.6 Å². The first kappa shape index (κ1) is 23.1. The highest BCUT2D eigenvalue weighted by Crippen LogP contribution is 2.43. The molecule has 5 rings (SSSR count). The van der Waals surface area contributed by atoms with E-state index in [0.29, 0.717) is 35.5 Å². The van der Waals surface area contributed by atoms with Gasteiger partial charge in [0.1, 0.15) is 17.3 Å². The van der Waals surface area contributed by atoms with Crippen LogP contribution in [0.1, 0.15) is 38.1 Å². The minimum Gasteiger partial charge on any atom is -0.395 e. The lowest BCUT2D eigenvalue weighted by atomic mass is 10.00. The Hall–Kier alpha value is -3.71. The Bertz CT molecular complexity index is 1420. The first-order valence-electron chi connectivity index (χ1n) is 11.4. The van der Waals surface area contributed by atoms with Gasteiger partial charge in [-0.05, 0) is 50.6 Å². The van der Waals surface area contributed by atoms with Crippen LogP contribution in [0.3, 0.4) is 0 Å². The van der Waals surface area contributed by atoms with Gasteiger partial charge in [-0.3, -0.25) is 9.69 Å². The van der Waals surface area contributed by atoms with Gasteiger partial charge in [0.25, 0.3) is 5.56 Å². The maximum atomic E-state index is 13.4. The molecule has 3 atom stereocenters. The van der Waals surface area contributed by atoms with E-state index in [4.69, 9.17) is 0 Å². The van der Waals surface area contributed by atoms with Crippen molar-refractivity contribution in [1.82, 2.24) is 14.5 Å². The topological polar surface area (TPSA) is 83.6 Å². The summed E-state index contributed by atoms with van der Waals surface area (Å²) in [6.45, 7) is 7.48. The van der Waals surface area contributed by atoms with Crippen LogP contribution in [-0.4, -0.2) is 45.9 Å². The van der Waals surface area contributed by atoms with Gasteiger partial charge in [-0.25, -0.2) is 4.98 Å². The van der Waals surface area contributed by atoms with Crippen molar-refractivity contribution >= 4 is 16.7 Å². The summed E-state index contributed by atoms with van der Waals surface area (Å²) in [5, 5.41) is 9.35. The summed E-state index contributed by atoms with van der Waals surface area (Å²) in [6, 6.07) is 11.9. The van der Waals surface area contributed by atoms with E-state index < -0.39 is 6.29 Å². The Morgan fingerprint density at radius 2 is 1.86 bits per heavy atom. The molecule has 2 aliphatic heterocycles. The highest BCUT2D eigenvalue weighted by molar-refractivity contribution is 5.89. The Kier molecular flexibility index (Phi) is 5.40. The van der Waals surface area contributed by atoms with E-state index in [2.05, 4.69) is 44.2 Å². The van der Waals surface area contributed by atoms with Gasteiger partial charge < -0.3 is 18.9 Å². The summed E-state index contributed by atoms with van der Waals surface area (Å²) >= 11 is 0. The van der Waals surface area contributed by atoms with E-state index in [0.717, 1.165) is 5.56 Å². The molecule has 0 saturated carbocycles. The summed E-state index contributed by atoms with van der Waals surface area (Å²) in [7, 11) is 1.69. The second-order valence-electron chi connectivity index (χ2n) is 9.20. The number of pyridine rings is 2. The molecule has 0 radical (unpaired) electrons. The molecule has 182 valence electrons. The minimum atomic E-state index is -3.65. The number of aromatic nitrogens is 2. The third-order valence-electron chi connectivity index (χ3n) is 6.93. The molecule has 4 heterocycles. The van der Waals surface area contributed by atoms with Gasteiger partial charge in [0.05, 0.1) is 11.2 Å². The molecular formula is C25H25F2N5O3. The van der Waals surface area contributed by atoms with Crippen LogP contribution in [0.15, 0.2) is 41.2 Å². The van der Waals surface area contributed by atoms with Crippen LogP contribution in [0.25, 0.3) is 11.0 Å². The van der Waals surface area contributed by atoms with Crippen LogP contribution in [0.4, 0.5) is 14.5 Å². The molecule has 1 aromatic carbocycles. The molecule has 1 unspecified atom stereocenters. The van der Waals surface area contributed by atoms with Gasteiger partial charge in [-0.15, -0.1) is 8.78 Å². The van der Waals surface area contributed by atoms with Gasteiger partial charge in [0.2, 0.25) is 0 Å². The highest BCUT2D eigenvalue weighted by Gasteiger charge is 2.44. The number of anilines is 1. The van der Waals surface area contributed by atoms with Gasteiger partial charge in [0, 0.05) is 44.3 Å². The maximum Gasteiger partial charge on any atom is 0.586 e. The molecule has 8 nitrogen and oxygen atoms in total. The fraction of sp³-hybridized carbons (Fsp3) is 0.400. The number of nitrogens with zero attached hydrogens (tertiary/aromatic N) is 5. The van der Waals surface area contributed by atoms with Crippen LogP contribution in [-0.2, 0) is 7.05 Å². The second-order valence-corrected chi connectivity index (χ2v) is 9.20. The average Bonchev–Trinajstić information content (AvgIpc) is 3.14. The number of piperazine rings is 1. The third-order valence-corrected chi connectivity index (χ3v) is 6.93. The van der Waals surface area contributed by atoms with E-state index in [1.807, 2.05) is 6.92 Å². The first-order valence-corrected chi connectivity index (χ1v) is 11.4. The summed E-state index contributed by atoms with van der Waals surface area (Å²) in [4.78, 5) is 21.7. The quantitative estimate of drug-likeness (QED) is 0.563. The van der Waals surface area contributed by atoms with Gasteiger partial charge in [-0.2, -0.15) is 5.26 Å². The molecule has 35 heavy (non-hydrogen) atoms. The number of ether oxygens (including phenoxy) is 2. The summed E-state index contributed by atoms with van der Waals surface area (Å²) < 4.78 is 37.6. The molecule has 0 amide bonds. The molecule has 3 aromatic rings. The fourth-order valence-corrected chi connectivity index (χ4v) is 5.04. The number of alkyl halides is 2. The molecule has 0 N–H and O–H groups in total. The Morgan fingerprint density at radius 3 is 2.60 bits per heavy atom. The van der Waals surface area contributed by atoms with Crippen molar-refractivity contribution in [3.05, 3.63) is 58.0 Å². The number of fused-ring (bicyclic) bond motifs is 2. The molecule has 0 aliphatic carbocycles. The number of benzene rings is 1. The normalized spacial score (nSPS) is 22.3. The zero-order chi connectivity index (χ0) is 25.1. The summed E-state index contributed by atoms with van der Waals surface area (Å²) in [5.74, 6) is 0.0589. The number of nitriles is 1. The van der Waals surface area contributed by atoms with Crippen LogP contribution >= 0.6 is 0 Å². The van der Waals surface area contributed by atoms with E-state index in [1.54, 1.807) is 37.4 Å². The van der Waals surface area contributed by atoms with Gasteiger partial charge >= 0.3 is 6.29 Å². The molecular weight excluding hydrogens is 456 g/mol. The highest BCUT2D eigenvalue weighted by atomic mass is 19.3. The van der Waals surface area contributed by atoms with Crippen LogP contribution in [0.2, 0.25) is 0 Å². The number of aryl methyl sites for hydroxylation is 1. The summed E-state index contributed by atoms with van der Waals surface area (Å²) in [6.07, 6.45) is -3.65. The monoisotopic (exact) mass is 481 g/mol. The van der Waals surface area contributed by atoms with E-state index in [9.17, 15) is 18.8 Å². The molecule has 10 heteroatoms. The van der Waals surface area contributed by atoms with Crippen molar-refractivity contribution in [3.63, 3.8) is 0 Å². The number of hydrogen-bond donors (Lipinski definition) is 0. The smallest absolute Gasteiger partial charge is 0.395 e. The first-order chi connectivity index (χ1) is 16.6. The zero-order valence-corrected chi connectivity index (χ0v) is 19.8. The lowest BCUT2D eigenvalue weighted by molar-refractivity contribution is -0.286. The number of halogens is 2. The van der Waals surface area contributed by atoms with Crippen LogP contribution in [0, 0.1) is 11.3 Å². The van der Waals surface area contributed by atoms with Crippen molar-refractivity contribution < 1.29 is 18.3 Å². The molecule has 1 saturated heterocycles. The average molecular weight is 482 g/mol. The molecule has 1 fully saturated rings. The Morgan fingerprint density at radius 1 is 1.11 bits per heavy atom. The van der Waals surface area contributed by atoms with E-state index in [-0.39, 0.29) is 35.2 Å². The van der Waals surface area contributed by atoms with Crippen molar-refractivity contribution in [2.24, 2.45) is 7.05 Å². The van der Waals surface area contributed by atoms with E-state index in [1.165, 1.54) is 10.6 Å². The number of hydrogen-bond acceptors (Lipinski definition) is 7. The van der Waals surface area contributed by atoms with Gasteiger partial charge in [0.15, 0.2) is 11.5 Å². The van der Waals surface area contributed by atoms with Gasteiger partial charge in [-0.1, -0.05) is 6.07 Å². The fourth-order valence-electron chi connectivity index (χ4n) is 5.04. The second kappa shape index (κ2) is 8.20. The van der Waals surface area contributed by atoms with Crippen LogP contribution in [0.5, 0.6) is 11.5 Å². The van der Waals surface area contributed by atoms with Crippen LogP contribution < -0.4 is 19.9 Å². The predicted molar refractivity (Wildman–Crippen MR) is 126 cm³/mol. The maximum absolute atomic E-state index is 13.4. The zero-order valence-electron chi connectivity index (χ0n) is 19.8. The van der Waals surface area contributed by atoms with Crippen molar-refractivity contribution in [2.75, 3.05) is 18.0 Å². The SMILES string of the molecule is CC(c1ccc2c(c1)OC(F)(F)O2)N1C[C@H](C)N(c2cc(=O)n(C)c3ccc(C#N)nc23)C[C@H]1C. The lowest BCUT2D eigenvalue weighted by Crippen LogP contribution is -2.57. The number of rotatable bonds is 3. The molecule has 2 aliphatic rings. The largest absolute Gasteiger partial charge is 0.586 e. The summed E-state index contributed by atoms with van der Waals surface area (Å²) in [5.41, 5.74) is 2.97. The standard InChI is InChI=1S/C25H25F2N5O3/c1-14-13-32(20-10-23(33)30(4)19-7-6-18(11-28)29-24(19)20)15(2)12-31(14)16(3)17-5-8-21-22(9-17)35-25(26,27)34-21/h5-10,14-16H,12-13H2,1-4H3/t14-,15+,16?/m1/s1. The molecule has 0 spiro atoms. The molecule has 0 bridgehead atoms. The van der Waals surface area contributed by atoms with E-state index >= 15 is 0 Å². The van der Waals surface area contributed by atoms with Crippen molar-refractivity contribution in [1.29, 1.82) is 5.26 Å². The van der Waals surface area contributed by atoms with Crippen molar-refractivity contribution in [2.45, 2.75) is 45.2 Å². The molecule has 2 aromatic heterocycles. The Labute approximate surface area is 200 Å².